The van der Waals surface area contributed by atoms with Gasteiger partial charge in [-0.15, -0.1) is 0 Å². The molecule has 49 heavy (non-hydrogen) atoms. The van der Waals surface area contributed by atoms with Crippen LogP contribution in [0.2, 0.25) is 0 Å². The molecule has 0 fully saturated rings. The number of aromatic nitrogens is 2. The van der Waals surface area contributed by atoms with E-state index < -0.39 is 107 Å². The Labute approximate surface area is 265 Å². The van der Waals surface area contributed by atoms with Gasteiger partial charge in [-0.2, -0.15) is 0 Å². The molecule has 0 unspecified atom stereocenters. The summed E-state index contributed by atoms with van der Waals surface area (Å²) < 4.78 is 166. The van der Waals surface area contributed by atoms with Crippen molar-refractivity contribution in [2.75, 3.05) is 0 Å². The van der Waals surface area contributed by atoms with E-state index in [4.69, 9.17) is 0 Å². The van der Waals surface area contributed by atoms with Crippen LogP contribution in [-0.2, 0) is 0 Å². The molecule has 8 rings (SSSR count). The van der Waals surface area contributed by atoms with Crippen molar-refractivity contribution in [2.24, 2.45) is 0 Å². The zero-order chi connectivity index (χ0) is 34.6. The second kappa shape index (κ2) is 10.6. The highest BCUT2D eigenvalue weighted by Crippen LogP contribution is 2.47. The van der Waals surface area contributed by atoms with Crippen LogP contribution in [0.1, 0.15) is 0 Å². The van der Waals surface area contributed by atoms with Crippen molar-refractivity contribution in [1.29, 1.82) is 0 Å². The van der Waals surface area contributed by atoms with Crippen LogP contribution in [0.5, 0.6) is 0 Å². The second-order valence-electron chi connectivity index (χ2n) is 11.1. The van der Waals surface area contributed by atoms with E-state index in [1.807, 2.05) is 18.2 Å². The maximum absolute atomic E-state index is 16.4. The highest BCUT2D eigenvalue weighted by Gasteiger charge is 2.35. The Morgan fingerprint density at radius 1 is 0.347 bits per heavy atom. The van der Waals surface area contributed by atoms with E-state index in [2.05, 4.69) is 9.97 Å². The minimum Gasteiger partial charge on any atom is -0.254 e. The second-order valence-corrected chi connectivity index (χ2v) is 11.1. The predicted octanol–water partition coefficient (Wildman–Crippen LogP) is 11.1. The van der Waals surface area contributed by atoms with Gasteiger partial charge >= 0.3 is 0 Å². The summed E-state index contributed by atoms with van der Waals surface area (Å²) in [5, 5.41) is -8.78. The smallest absolute Gasteiger partial charge is 0.198 e. The zero-order valence-electron chi connectivity index (χ0n) is 23.9. The Morgan fingerprint density at radius 2 is 0.755 bits per heavy atom. The van der Waals surface area contributed by atoms with E-state index in [9.17, 15) is 17.6 Å². The van der Waals surface area contributed by atoms with Gasteiger partial charge < -0.3 is 0 Å². The molecule has 0 aliphatic rings. The Hall–Kier alpha value is -5.85. The number of rotatable bonds is 2. The van der Waals surface area contributed by atoms with Gasteiger partial charge in [0.1, 0.15) is 5.82 Å². The number of benzene rings is 6. The molecule has 0 atom stereocenters. The summed E-state index contributed by atoms with van der Waals surface area (Å²) in [6, 6.07) is 15.6. The Morgan fingerprint density at radius 3 is 1.27 bits per heavy atom. The van der Waals surface area contributed by atoms with Crippen molar-refractivity contribution in [3.05, 3.63) is 131 Å². The predicted molar refractivity (Wildman–Crippen MR) is 160 cm³/mol. The molecule has 0 saturated carbocycles. The minimum atomic E-state index is -2.61. The van der Waals surface area contributed by atoms with Crippen LogP contribution >= 0.6 is 0 Å². The molecule has 13 heteroatoms. The lowest BCUT2D eigenvalue weighted by Crippen LogP contribution is -2.07. The molecule has 2 nitrogen and oxygen atoms in total. The lowest BCUT2D eigenvalue weighted by molar-refractivity contribution is 0.415. The lowest BCUT2D eigenvalue weighted by atomic mass is 9.89. The van der Waals surface area contributed by atoms with Crippen molar-refractivity contribution < 1.29 is 48.3 Å². The van der Waals surface area contributed by atoms with Crippen molar-refractivity contribution in [3.8, 4) is 22.4 Å². The number of hydrogen-bond acceptors (Lipinski definition) is 2. The highest BCUT2D eigenvalue weighted by atomic mass is 19.2. The summed E-state index contributed by atoms with van der Waals surface area (Å²) in [6.07, 6.45) is 1.59. The first-order chi connectivity index (χ1) is 23.4. The average molecular weight is 680 g/mol. The van der Waals surface area contributed by atoms with E-state index in [0.29, 0.717) is 22.3 Å². The van der Waals surface area contributed by atoms with E-state index in [0.717, 1.165) is 22.9 Å². The number of fused-ring (bicyclic) bond motifs is 9. The van der Waals surface area contributed by atoms with Gasteiger partial charge in [-0.3, -0.25) is 4.98 Å². The molecule has 0 bridgehead atoms. The van der Waals surface area contributed by atoms with Crippen molar-refractivity contribution in [2.45, 2.75) is 0 Å². The van der Waals surface area contributed by atoms with Gasteiger partial charge in [0.25, 0.3) is 0 Å². The fraction of sp³-hybridized carbons (Fsp3) is 0. The molecule has 2 aromatic heterocycles. The topological polar surface area (TPSA) is 25.8 Å². The number of hydrogen-bond donors (Lipinski definition) is 0. The molecule has 0 amide bonds. The maximum Gasteiger partial charge on any atom is 0.198 e. The summed E-state index contributed by atoms with van der Waals surface area (Å²) in [6.45, 7) is 0. The number of nitrogens with zero attached hydrogens (tertiary/aromatic N) is 2. The number of pyridine rings is 2. The van der Waals surface area contributed by atoms with E-state index in [1.165, 1.54) is 12.1 Å². The van der Waals surface area contributed by atoms with Crippen molar-refractivity contribution in [3.63, 3.8) is 0 Å². The quantitative estimate of drug-likeness (QED) is 0.0786. The molecule has 0 N–H and O–H groups in total. The Bertz CT molecular complexity index is 2740. The molecule has 2 heterocycles. The molecule has 0 spiro atoms. The first kappa shape index (κ1) is 30.5. The zero-order valence-corrected chi connectivity index (χ0v) is 23.9. The van der Waals surface area contributed by atoms with Crippen LogP contribution in [0, 0.1) is 64.0 Å². The third kappa shape index (κ3) is 4.07. The average Bonchev–Trinajstić information content (AvgIpc) is 3.12. The van der Waals surface area contributed by atoms with Crippen LogP contribution < -0.4 is 0 Å². The molecular formula is C36H11F11N2. The van der Waals surface area contributed by atoms with Crippen LogP contribution in [0.15, 0.2) is 66.9 Å². The van der Waals surface area contributed by atoms with E-state index >= 15 is 30.7 Å². The van der Waals surface area contributed by atoms with Gasteiger partial charge in [0.15, 0.2) is 58.2 Å². The lowest BCUT2D eigenvalue weighted by Gasteiger charge is -2.18. The summed E-state index contributed by atoms with van der Waals surface area (Å²) in [5.41, 5.74) is 0.256. The normalized spacial score (nSPS) is 12.0. The summed E-state index contributed by atoms with van der Waals surface area (Å²) in [7, 11) is 0. The molecule has 0 saturated heterocycles. The van der Waals surface area contributed by atoms with Crippen molar-refractivity contribution >= 4 is 54.1 Å². The van der Waals surface area contributed by atoms with Gasteiger partial charge in [-0.25, -0.2) is 53.3 Å². The Balaban J connectivity index is 1.42. The molecule has 0 aliphatic heterocycles. The maximum atomic E-state index is 16.4. The molecule has 6 aromatic carbocycles. The molecular weight excluding hydrogens is 669 g/mol. The van der Waals surface area contributed by atoms with Gasteiger partial charge in [0.2, 0.25) is 0 Å². The molecule has 0 radical (unpaired) electrons. The third-order valence-electron chi connectivity index (χ3n) is 8.51. The fourth-order valence-electron chi connectivity index (χ4n) is 6.28. The van der Waals surface area contributed by atoms with Crippen LogP contribution in [0.25, 0.3) is 76.5 Å². The molecule has 0 aliphatic carbocycles. The Kier molecular flexibility index (Phi) is 6.58. The van der Waals surface area contributed by atoms with Crippen LogP contribution in [0.4, 0.5) is 48.3 Å². The van der Waals surface area contributed by atoms with E-state index in [1.54, 1.807) is 24.4 Å². The van der Waals surface area contributed by atoms with Gasteiger partial charge in [0.05, 0.1) is 22.3 Å². The molecule has 242 valence electrons. The minimum absolute atomic E-state index is 0.391. The van der Waals surface area contributed by atoms with Crippen molar-refractivity contribution in [1.82, 2.24) is 9.97 Å². The largest absolute Gasteiger partial charge is 0.254 e. The van der Waals surface area contributed by atoms with Gasteiger partial charge in [0, 0.05) is 54.9 Å². The van der Waals surface area contributed by atoms with Crippen LogP contribution in [0.3, 0.4) is 0 Å². The summed E-state index contributed by atoms with van der Waals surface area (Å²) in [4.78, 5) is 9.03. The number of halogens is 11. The monoisotopic (exact) mass is 680 g/mol. The first-order valence-electron chi connectivity index (χ1n) is 14.1. The molecule has 8 aromatic rings. The third-order valence-corrected chi connectivity index (χ3v) is 8.51. The fourth-order valence-corrected chi connectivity index (χ4v) is 6.28. The van der Waals surface area contributed by atoms with Crippen LogP contribution in [-0.4, -0.2) is 9.97 Å². The summed E-state index contributed by atoms with van der Waals surface area (Å²) in [5.74, 6) is -26.4. The van der Waals surface area contributed by atoms with E-state index in [-0.39, 0.29) is 0 Å². The summed E-state index contributed by atoms with van der Waals surface area (Å²) >= 11 is 0. The standard InChI is InChI=1S/C36H11F11N2/c37-24-17(13-5-3-12(4-6-13)16-10-9-15-8-7-14-2-1-11-48-35(14)36(15)49-16)25(38)26(39)19-18(24)20-22(29(42)33(46)31(44)27(20)40)23-21(19)28(41)32(45)34(47)30(23)43/h1-11H. The van der Waals surface area contributed by atoms with Gasteiger partial charge in [-0.1, -0.05) is 48.5 Å². The highest BCUT2D eigenvalue weighted by molar-refractivity contribution is 6.27. The van der Waals surface area contributed by atoms with Gasteiger partial charge in [-0.05, 0) is 17.7 Å². The first-order valence-corrected chi connectivity index (χ1v) is 14.1. The SMILES string of the molecule is Fc1c(F)c(F)c2c(c1F)c1c(F)c(F)c(F)c(F)c1c1c(F)c(-c3ccc(-c4ccc5ccc6cccnc6c5n4)cc3)c(F)c(F)c21.